The first-order chi connectivity index (χ1) is 15.5. The van der Waals surface area contributed by atoms with Gasteiger partial charge < -0.3 is 15.4 Å². The van der Waals surface area contributed by atoms with Gasteiger partial charge in [0.15, 0.2) is 0 Å². The Kier molecular flexibility index (Phi) is 5.66. The molecule has 0 aliphatic heterocycles. The minimum absolute atomic E-state index is 0.111. The quantitative estimate of drug-likeness (QED) is 0.644. The molecular formula is C27H32N2O3. The number of hydrogen-bond acceptors (Lipinski definition) is 3. The predicted octanol–water partition coefficient (Wildman–Crippen LogP) is 5.04. The molecule has 0 unspecified atom stereocenters. The number of ether oxygens (including phenoxy) is 1. The molecule has 4 aliphatic rings. The first kappa shape index (κ1) is 21.0. The van der Waals surface area contributed by atoms with Gasteiger partial charge in [-0.25, -0.2) is 0 Å². The number of anilines is 1. The summed E-state index contributed by atoms with van der Waals surface area (Å²) in [4.78, 5) is 26.8. The average Bonchev–Trinajstić information content (AvgIpc) is 2.78. The smallest absolute Gasteiger partial charge is 0.251 e. The average molecular weight is 433 g/mol. The van der Waals surface area contributed by atoms with E-state index in [4.69, 9.17) is 4.74 Å². The van der Waals surface area contributed by atoms with Crippen molar-refractivity contribution in [2.24, 2.45) is 23.2 Å². The van der Waals surface area contributed by atoms with E-state index in [1.807, 2.05) is 49.4 Å². The summed E-state index contributed by atoms with van der Waals surface area (Å²) >= 11 is 0. The monoisotopic (exact) mass is 432 g/mol. The molecule has 6 rings (SSSR count). The molecule has 2 aromatic rings. The molecule has 2 amide bonds. The van der Waals surface area contributed by atoms with Crippen molar-refractivity contribution in [2.75, 3.05) is 11.9 Å². The van der Waals surface area contributed by atoms with Crippen molar-refractivity contribution >= 4 is 17.5 Å². The summed E-state index contributed by atoms with van der Waals surface area (Å²) < 4.78 is 5.51. The molecule has 0 aromatic heterocycles. The van der Waals surface area contributed by atoms with Crippen LogP contribution in [-0.2, 0) is 4.79 Å². The summed E-state index contributed by atoms with van der Waals surface area (Å²) in [5, 5.41) is 6.25. The van der Waals surface area contributed by atoms with Crippen molar-refractivity contribution in [3.63, 3.8) is 0 Å². The summed E-state index contributed by atoms with van der Waals surface area (Å²) in [6.07, 6.45) is 6.98. The van der Waals surface area contributed by atoms with Crippen molar-refractivity contribution < 1.29 is 14.3 Å². The Morgan fingerprint density at radius 3 is 2.09 bits per heavy atom. The third-order valence-corrected chi connectivity index (χ3v) is 7.70. The number of carbonyl (C=O) groups is 2. The molecule has 1 atom stereocenters. The molecule has 5 heteroatoms. The summed E-state index contributed by atoms with van der Waals surface area (Å²) in [6.45, 7) is 2.55. The number of rotatable bonds is 7. The second kappa shape index (κ2) is 8.61. The molecular weight excluding hydrogens is 400 g/mol. The van der Waals surface area contributed by atoms with Crippen molar-refractivity contribution in [2.45, 2.75) is 51.5 Å². The van der Waals surface area contributed by atoms with Crippen LogP contribution >= 0.6 is 0 Å². The lowest BCUT2D eigenvalue weighted by Gasteiger charge is -2.58. The van der Waals surface area contributed by atoms with Gasteiger partial charge in [-0.05, 0) is 99.6 Å². The molecule has 0 radical (unpaired) electrons. The standard InChI is InChI=1S/C27H32N2O3/c1-2-32-23-10-8-22(9-11-23)28-26(31)24(29-25(30)21-6-4-3-5-7-21)27-15-18-12-19(16-27)14-20(13-18)17-27/h3-11,18-20,24H,2,12-17H2,1H3,(H,28,31)(H,29,30)/t18?,19?,20?,24-,27?/m1/s1. The summed E-state index contributed by atoms with van der Waals surface area (Å²) in [6, 6.07) is 16.1. The maximum absolute atomic E-state index is 13.6. The Bertz CT molecular complexity index is 935. The second-order valence-electron chi connectivity index (χ2n) is 10.00. The molecule has 4 fully saturated rings. The van der Waals surface area contributed by atoms with Gasteiger partial charge in [0.05, 0.1) is 6.61 Å². The lowest BCUT2D eigenvalue weighted by molar-refractivity contribution is -0.129. The van der Waals surface area contributed by atoms with Gasteiger partial charge >= 0.3 is 0 Å². The maximum atomic E-state index is 13.6. The van der Waals surface area contributed by atoms with Crippen LogP contribution in [0.3, 0.4) is 0 Å². The molecule has 2 aromatic carbocycles. The van der Waals surface area contributed by atoms with Crippen LogP contribution in [-0.4, -0.2) is 24.5 Å². The largest absolute Gasteiger partial charge is 0.494 e. The number of amides is 2. The van der Waals surface area contributed by atoms with E-state index < -0.39 is 6.04 Å². The summed E-state index contributed by atoms with van der Waals surface area (Å²) in [5.74, 6) is 2.57. The Hall–Kier alpha value is -2.82. The molecule has 168 valence electrons. The van der Waals surface area contributed by atoms with Crippen LogP contribution in [0, 0.1) is 23.2 Å². The van der Waals surface area contributed by atoms with Crippen LogP contribution in [0.5, 0.6) is 5.75 Å². The topological polar surface area (TPSA) is 67.4 Å². The fourth-order valence-corrected chi connectivity index (χ4v) is 6.85. The SMILES string of the molecule is CCOc1ccc(NC(=O)[C@@H](NC(=O)c2ccccc2)C23CC4CC(CC(C4)C2)C3)cc1. The highest BCUT2D eigenvalue weighted by atomic mass is 16.5. The van der Waals surface area contributed by atoms with Crippen molar-refractivity contribution in [1.29, 1.82) is 0 Å². The molecule has 0 saturated heterocycles. The second-order valence-corrected chi connectivity index (χ2v) is 10.00. The van der Waals surface area contributed by atoms with E-state index in [9.17, 15) is 9.59 Å². The van der Waals surface area contributed by atoms with Gasteiger partial charge in [-0.15, -0.1) is 0 Å². The minimum atomic E-state index is -0.532. The Morgan fingerprint density at radius 2 is 1.53 bits per heavy atom. The van der Waals surface area contributed by atoms with Gasteiger partial charge in [-0.2, -0.15) is 0 Å². The lowest BCUT2D eigenvalue weighted by atomic mass is 9.47. The Morgan fingerprint density at radius 1 is 0.938 bits per heavy atom. The molecule has 4 bridgehead atoms. The van der Waals surface area contributed by atoms with Crippen molar-refractivity contribution in [3.05, 3.63) is 60.2 Å². The maximum Gasteiger partial charge on any atom is 0.251 e. The van der Waals surface area contributed by atoms with Gasteiger partial charge in [0.2, 0.25) is 5.91 Å². The fraction of sp³-hybridized carbons (Fsp3) is 0.481. The zero-order valence-electron chi connectivity index (χ0n) is 18.7. The number of hydrogen-bond donors (Lipinski definition) is 2. The van der Waals surface area contributed by atoms with E-state index in [2.05, 4.69) is 10.6 Å². The minimum Gasteiger partial charge on any atom is -0.494 e. The molecule has 5 nitrogen and oxygen atoms in total. The van der Waals surface area contributed by atoms with Crippen LogP contribution < -0.4 is 15.4 Å². The predicted molar refractivity (Wildman–Crippen MR) is 125 cm³/mol. The zero-order chi connectivity index (χ0) is 22.1. The fourth-order valence-electron chi connectivity index (χ4n) is 6.85. The van der Waals surface area contributed by atoms with Crippen molar-refractivity contribution in [1.82, 2.24) is 5.32 Å². The van der Waals surface area contributed by atoms with E-state index in [0.29, 0.717) is 29.9 Å². The summed E-state index contributed by atoms with van der Waals surface area (Å²) in [7, 11) is 0. The van der Waals surface area contributed by atoms with Crippen LogP contribution in [0.1, 0.15) is 55.8 Å². The number of benzene rings is 2. The highest BCUT2D eigenvalue weighted by Crippen LogP contribution is 2.61. The zero-order valence-corrected chi connectivity index (χ0v) is 18.7. The van der Waals surface area contributed by atoms with Crippen molar-refractivity contribution in [3.8, 4) is 5.75 Å². The number of carbonyl (C=O) groups excluding carboxylic acids is 2. The van der Waals surface area contributed by atoms with E-state index in [-0.39, 0.29) is 17.2 Å². The van der Waals surface area contributed by atoms with E-state index in [1.165, 1.54) is 19.3 Å². The molecule has 0 spiro atoms. The highest BCUT2D eigenvalue weighted by Gasteiger charge is 2.56. The van der Waals surface area contributed by atoms with Gasteiger partial charge in [0.25, 0.3) is 5.91 Å². The van der Waals surface area contributed by atoms with Crippen LogP contribution in [0.4, 0.5) is 5.69 Å². The van der Waals surface area contributed by atoms with Gasteiger partial charge in [-0.1, -0.05) is 18.2 Å². The van der Waals surface area contributed by atoms with Gasteiger partial charge in [0.1, 0.15) is 11.8 Å². The van der Waals surface area contributed by atoms with E-state index >= 15 is 0 Å². The Balaban J connectivity index is 1.40. The number of nitrogens with one attached hydrogen (secondary N) is 2. The van der Waals surface area contributed by atoms with E-state index in [0.717, 1.165) is 30.7 Å². The molecule has 0 heterocycles. The third kappa shape index (κ3) is 4.13. The highest BCUT2D eigenvalue weighted by molar-refractivity contribution is 6.01. The van der Waals surface area contributed by atoms with Crippen LogP contribution in [0.2, 0.25) is 0 Å². The first-order valence-electron chi connectivity index (χ1n) is 11.9. The third-order valence-electron chi connectivity index (χ3n) is 7.70. The van der Waals surface area contributed by atoms with Crippen LogP contribution in [0.25, 0.3) is 0 Å². The molecule has 4 saturated carbocycles. The van der Waals surface area contributed by atoms with E-state index in [1.54, 1.807) is 12.1 Å². The van der Waals surface area contributed by atoms with Gasteiger partial charge in [-0.3, -0.25) is 9.59 Å². The van der Waals surface area contributed by atoms with Crippen LogP contribution in [0.15, 0.2) is 54.6 Å². The molecule has 4 aliphatic carbocycles. The van der Waals surface area contributed by atoms with Gasteiger partial charge in [0, 0.05) is 16.7 Å². The normalized spacial score (nSPS) is 28.7. The first-order valence-corrected chi connectivity index (χ1v) is 11.9. The molecule has 32 heavy (non-hydrogen) atoms. The molecule has 2 N–H and O–H groups in total. The lowest BCUT2D eigenvalue weighted by Crippen LogP contribution is -2.61. The Labute approximate surface area is 189 Å². The summed E-state index contributed by atoms with van der Waals surface area (Å²) in [5.41, 5.74) is 1.17.